The van der Waals surface area contributed by atoms with Gasteiger partial charge in [-0.15, -0.1) is 0 Å². The van der Waals surface area contributed by atoms with Crippen molar-refractivity contribution < 1.29 is 19.2 Å². The molecule has 1 fully saturated rings. The van der Waals surface area contributed by atoms with Crippen molar-refractivity contribution in [1.82, 2.24) is 0 Å². The predicted octanol–water partition coefficient (Wildman–Crippen LogP) is 1.93. The summed E-state index contributed by atoms with van der Waals surface area (Å²) in [4.78, 5) is 48.2. The predicted molar refractivity (Wildman–Crippen MR) is 70.7 cm³/mol. The van der Waals surface area contributed by atoms with Gasteiger partial charge >= 0.3 is 0 Å². The molecule has 0 saturated heterocycles. The third-order valence-corrected chi connectivity index (χ3v) is 4.27. The Morgan fingerprint density at radius 1 is 1.05 bits per heavy atom. The Morgan fingerprint density at radius 2 is 1.80 bits per heavy atom. The molecule has 0 amide bonds. The second-order valence-electron chi connectivity index (χ2n) is 5.53. The highest BCUT2D eigenvalue weighted by Crippen LogP contribution is 2.37. The van der Waals surface area contributed by atoms with E-state index >= 15 is 0 Å². The van der Waals surface area contributed by atoms with Crippen LogP contribution in [-0.4, -0.2) is 23.1 Å². The van der Waals surface area contributed by atoms with Gasteiger partial charge in [0.15, 0.2) is 11.6 Å². The average Bonchev–Trinajstić information content (AvgIpc) is 2.64. The van der Waals surface area contributed by atoms with E-state index < -0.39 is 11.8 Å². The van der Waals surface area contributed by atoms with Crippen LogP contribution in [0.15, 0.2) is 18.2 Å². The van der Waals surface area contributed by atoms with Gasteiger partial charge in [-0.2, -0.15) is 0 Å². The number of carbonyl (C=O) groups excluding carboxylic acids is 4. The molecule has 3 rings (SSSR count). The third kappa shape index (κ3) is 1.75. The van der Waals surface area contributed by atoms with Crippen LogP contribution < -0.4 is 0 Å². The summed E-state index contributed by atoms with van der Waals surface area (Å²) in [6, 6.07) is 5.17. The van der Waals surface area contributed by atoms with E-state index in [1.807, 2.05) is 0 Å². The molecule has 2 aliphatic rings. The van der Waals surface area contributed by atoms with Crippen molar-refractivity contribution in [3.8, 4) is 0 Å². The minimum atomic E-state index is -0.910. The van der Waals surface area contributed by atoms with Crippen LogP contribution in [0.25, 0.3) is 0 Å². The van der Waals surface area contributed by atoms with E-state index in [-0.39, 0.29) is 36.0 Å². The van der Waals surface area contributed by atoms with Gasteiger partial charge in [0.25, 0.3) is 0 Å². The lowest BCUT2D eigenvalue weighted by Gasteiger charge is -2.23. The van der Waals surface area contributed by atoms with Crippen molar-refractivity contribution in [2.45, 2.75) is 26.2 Å². The fraction of sp³-hybridized carbons (Fsp3) is 0.375. The summed E-state index contributed by atoms with van der Waals surface area (Å²) in [5.41, 5.74) is 1.64. The first-order valence-electron chi connectivity index (χ1n) is 6.73. The first-order valence-corrected chi connectivity index (χ1v) is 6.73. The summed E-state index contributed by atoms with van der Waals surface area (Å²) in [7, 11) is 0. The summed E-state index contributed by atoms with van der Waals surface area (Å²) < 4.78 is 0. The lowest BCUT2D eigenvalue weighted by molar-refractivity contribution is -0.133. The minimum absolute atomic E-state index is 0.0992. The van der Waals surface area contributed by atoms with E-state index in [0.717, 1.165) is 5.56 Å². The zero-order chi connectivity index (χ0) is 14.4. The van der Waals surface area contributed by atoms with Gasteiger partial charge in [-0.3, -0.25) is 19.2 Å². The first-order chi connectivity index (χ1) is 9.50. The fourth-order valence-electron chi connectivity index (χ4n) is 3.25. The van der Waals surface area contributed by atoms with Crippen molar-refractivity contribution in [2.24, 2.45) is 11.8 Å². The molecule has 0 spiro atoms. The molecule has 4 heteroatoms. The number of aryl methyl sites for hydroxylation is 1. The molecule has 2 aliphatic carbocycles. The van der Waals surface area contributed by atoms with Gasteiger partial charge in [-0.1, -0.05) is 18.2 Å². The third-order valence-electron chi connectivity index (χ3n) is 4.27. The molecule has 102 valence electrons. The largest absolute Gasteiger partial charge is 0.299 e. The second-order valence-corrected chi connectivity index (χ2v) is 5.53. The van der Waals surface area contributed by atoms with E-state index in [9.17, 15) is 19.2 Å². The van der Waals surface area contributed by atoms with E-state index in [0.29, 0.717) is 17.5 Å². The summed E-state index contributed by atoms with van der Waals surface area (Å²) in [5, 5.41) is 0. The van der Waals surface area contributed by atoms with Crippen LogP contribution in [0.1, 0.15) is 45.5 Å². The van der Waals surface area contributed by atoms with Gasteiger partial charge < -0.3 is 0 Å². The number of hydrogen-bond acceptors (Lipinski definition) is 4. The number of rotatable bonds is 1. The molecule has 1 aromatic carbocycles. The topological polar surface area (TPSA) is 68.3 Å². The molecule has 20 heavy (non-hydrogen) atoms. The molecular formula is C16H14O4. The second kappa shape index (κ2) is 4.47. The normalized spacial score (nSPS) is 26.1. The highest BCUT2D eigenvalue weighted by molar-refractivity contribution is 6.28. The average molecular weight is 270 g/mol. The number of fused-ring (bicyclic) bond motifs is 1. The highest BCUT2D eigenvalue weighted by atomic mass is 16.2. The zero-order valence-electron chi connectivity index (χ0n) is 11.1. The van der Waals surface area contributed by atoms with E-state index in [4.69, 9.17) is 0 Å². The molecule has 2 unspecified atom stereocenters. The molecule has 0 heterocycles. The first kappa shape index (κ1) is 12.9. The Morgan fingerprint density at radius 3 is 2.45 bits per heavy atom. The maximum atomic E-state index is 12.5. The summed E-state index contributed by atoms with van der Waals surface area (Å²) in [5.74, 6) is -2.42. The Balaban J connectivity index is 2.00. The van der Waals surface area contributed by atoms with Crippen LogP contribution in [0.2, 0.25) is 0 Å². The number of ketones is 4. The van der Waals surface area contributed by atoms with Gasteiger partial charge in [0, 0.05) is 23.5 Å². The van der Waals surface area contributed by atoms with Crippen molar-refractivity contribution in [1.29, 1.82) is 0 Å². The lowest BCUT2D eigenvalue weighted by atomic mass is 9.76. The molecule has 0 N–H and O–H groups in total. The minimum Gasteiger partial charge on any atom is -0.299 e. The maximum Gasteiger partial charge on any atom is 0.175 e. The van der Waals surface area contributed by atoms with Crippen LogP contribution in [0.5, 0.6) is 0 Å². The van der Waals surface area contributed by atoms with Crippen molar-refractivity contribution >= 4 is 23.1 Å². The summed E-state index contributed by atoms with van der Waals surface area (Å²) in [6.07, 6.45) is 0.451. The summed E-state index contributed by atoms with van der Waals surface area (Å²) in [6.45, 7) is 1.79. The van der Waals surface area contributed by atoms with Crippen molar-refractivity contribution in [3.63, 3.8) is 0 Å². The van der Waals surface area contributed by atoms with Crippen LogP contribution in [0.4, 0.5) is 0 Å². The van der Waals surface area contributed by atoms with Gasteiger partial charge in [0.05, 0.1) is 12.3 Å². The van der Waals surface area contributed by atoms with Gasteiger partial charge in [-0.25, -0.2) is 0 Å². The van der Waals surface area contributed by atoms with E-state index in [2.05, 4.69) is 0 Å². The molecule has 1 aromatic rings. The highest BCUT2D eigenvalue weighted by Gasteiger charge is 2.47. The molecule has 2 atom stereocenters. The Hall–Kier alpha value is -2.10. The molecule has 4 nitrogen and oxygen atoms in total. The molecular weight excluding hydrogens is 256 g/mol. The van der Waals surface area contributed by atoms with E-state index in [1.54, 1.807) is 25.1 Å². The number of carbonyl (C=O) groups is 4. The van der Waals surface area contributed by atoms with Crippen molar-refractivity contribution in [3.05, 3.63) is 34.9 Å². The number of benzene rings is 1. The quantitative estimate of drug-likeness (QED) is 0.731. The van der Waals surface area contributed by atoms with Crippen LogP contribution in [-0.2, 0) is 9.59 Å². The van der Waals surface area contributed by atoms with Crippen LogP contribution >= 0.6 is 0 Å². The monoisotopic (exact) mass is 270 g/mol. The Kier molecular flexibility index (Phi) is 2.89. The van der Waals surface area contributed by atoms with Gasteiger partial charge in [0.2, 0.25) is 0 Å². The van der Waals surface area contributed by atoms with Crippen LogP contribution in [0, 0.1) is 18.8 Å². The lowest BCUT2D eigenvalue weighted by Crippen LogP contribution is -2.36. The number of Topliss-reactive ketones (excluding diaryl/α,β-unsaturated/α-hetero) is 4. The molecule has 0 aromatic heterocycles. The molecule has 1 saturated carbocycles. The van der Waals surface area contributed by atoms with Crippen LogP contribution in [0.3, 0.4) is 0 Å². The molecule has 0 radical (unpaired) electrons. The zero-order valence-corrected chi connectivity index (χ0v) is 11.1. The fourth-order valence-corrected chi connectivity index (χ4v) is 3.25. The van der Waals surface area contributed by atoms with Crippen molar-refractivity contribution in [2.75, 3.05) is 0 Å². The smallest absolute Gasteiger partial charge is 0.175 e. The maximum absolute atomic E-state index is 12.5. The number of hydrogen-bond donors (Lipinski definition) is 0. The summed E-state index contributed by atoms with van der Waals surface area (Å²) >= 11 is 0. The standard InChI is InChI=1S/C16H14O4/c1-8-3-2-4-11-13(8)16(20)14(15(11)19)10-6-5-9(17)7-12(10)18/h2-4,10,14H,5-7H2,1H3. The SMILES string of the molecule is Cc1cccc2c1C(=O)C(C1CCC(=O)CC1=O)C2=O. The van der Waals surface area contributed by atoms with Gasteiger partial charge in [0.1, 0.15) is 11.6 Å². The Labute approximate surface area is 116 Å². The molecule has 0 bridgehead atoms. The van der Waals surface area contributed by atoms with Gasteiger partial charge in [-0.05, 0) is 18.9 Å². The van der Waals surface area contributed by atoms with E-state index in [1.165, 1.54) is 0 Å². The Bertz CT molecular complexity index is 656. The molecule has 0 aliphatic heterocycles.